The Kier molecular flexibility index (Phi) is 4.92. The van der Waals surface area contributed by atoms with Crippen LogP contribution in [0.2, 0.25) is 0 Å². The molecule has 0 radical (unpaired) electrons. The van der Waals surface area contributed by atoms with Crippen LogP contribution in [0.3, 0.4) is 0 Å². The van der Waals surface area contributed by atoms with E-state index in [0.29, 0.717) is 0 Å². The summed E-state index contributed by atoms with van der Waals surface area (Å²) in [6, 6.07) is 7.38. The summed E-state index contributed by atoms with van der Waals surface area (Å²) in [4.78, 5) is 2.58. The number of rotatable bonds is 4. The summed E-state index contributed by atoms with van der Waals surface area (Å²) in [6.07, 6.45) is 5.49. The Morgan fingerprint density at radius 3 is 2.59 bits per heavy atom. The van der Waals surface area contributed by atoms with Gasteiger partial charge in [-0.3, -0.25) is 0 Å². The Balaban J connectivity index is 2.29. The van der Waals surface area contributed by atoms with Gasteiger partial charge < -0.3 is 4.90 Å². The van der Waals surface area contributed by atoms with Gasteiger partial charge in [-0.2, -0.15) is 0 Å². The molecule has 0 amide bonds. The van der Waals surface area contributed by atoms with Gasteiger partial charge in [-0.05, 0) is 43.5 Å². The molecule has 2 rings (SSSR count). The van der Waals surface area contributed by atoms with Gasteiger partial charge in [0, 0.05) is 28.1 Å². The van der Waals surface area contributed by atoms with E-state index in [0.717, 1.165) is 22.4 Å². The zero-order valence-corrected chi connectivity index (χ0v) is 13.4. The molecule has 0 aromatic heterocycles. The van der Waals surface area contributed by atoms with E-state index in [-0.39, 0.29) is 0 Å². The summed E-state index contributed by atoms with van der Waals surface area (Å²) in [5.41, 5.74) is 2.78. The van der Waals surface area contributed by atoms with Crippen LogP contribution >= 0.6 is 31.9 Å². The summed E-state index contributed by atoms with van der Waals surface area (Å²) < 4.78 is 1.16. The SMILES string of the molecule is CCN(c1ccc(Br)cc1CBr)C1CCCC1. The number of hydrogen-bond acceptors (Lipinski definition) is 1. The van der Waals surface area contributed by atoms with Crippen molar-refractivity contribution in [3.63, 3.8) is 0 Å². The zero-order chi connectivity index (χ0) is 12.3. The third-order valence-corrected chi connectivity index (χ3v) is 4.70. The summed E-state index contributed by atoms with van der Waals surface area (Å²) >= 11 is 7.15. The highest BCUT2D eigenvalue weighted by Gasteiger charge is 2.23. The molecular formula is C14H19Br2N. The van der Waals surface area contributed by atoms with Crippen LogP contribution in [0.15, 0.2) is 22.7 Å². The average Bonchev–Trinajstić information content (AvgIpc) is 2.85. The van der Waals surface area contributed by atoms with E-state index < -0.39 is 0 Å². The number of alkyl halides is 1. The van der Waals surface area contributed by atoms with Gasteiger partial charge in [0.15, 0.2) is 0 Å². The Morgan fingerprint density at radius 2 is 2.00 bits per heavy atom. The summed E-state index contributed by atoms with van der Waals surface area (Å²) in [6.45, 7) is 3.37. The molecule has 1 nitrogen and oxygen atoms in total. The first kappa shape index (κ1) is 13.4. The fourth-order valence-electron chi connectivity index (χ4n) is 2.78. The second-order valence-corrected chi connectivity index (χ2v) is 6.11. The van der Waals surface area contributed by atoms with Crippen LogP contribution in [0.25, 0.3) is 0 Å². The van der Waals surface area contributed by atoms with Gasteiger partial charge in [0.1, 0.15) is 0 Å². The second kappa shape index (κ2) is 6.24. The molecule has 0 unspecified atom stereocenters. The number of halogens is 2. The molecule has 3 heteroatoms. The predicted octanol–water partition coefficient (Wildman–Crippen LogP) is 5.11. The van der Waals surface area contributed by atoms with Crippen molar-refractivity contribution in [2.75, 3.05) is 11.4 Å². The minimum absolute atomic E-state index is 0.749. The van der Waals surface area contributed by atoms with Crippen molar-refractivity contribution in [2.45, 2.75) is 44.0 Å². The van der Waals surface area contributed by atoms with Gasteiger partial charge >= 0.3 is 0 Å². The first-order valence-corrected chi connectivity index (χ1v) is 8.28. The standard InChI is InChI=1S/C14H19Br2N/c1-2-17(13-5-3-4-6-13)14-8-7-12(16)9-11(14)10-15/h7-9,13H,2-6,10H2,1H3. The van der Waals surface area contributed by atoms with E-state index in [9.17, 15) is 0 Å². The highest BCUT2D eigenvalue weighted by molar-refractivity contribution is 9.10. The fourth-order valence-corrected chi connectivity index (χ4v) is 3.64. The molecule has 0 atom stereocenters. The minimum atomic E-state index is 0.749. The lowest BCUT2D eigenvalue weighted by atomic mass is 10.1. The van der Waals surface area contributed by atoms with Crippen molar-refractivity contribution in [1.82, 2.24) is 0 Å². The lowest BCUT2D eigenvalue weighted by Gasteiger charge is -2.31. The third-order valence-electron chi connectivity index (χ3n) is 3.60. The number of benzene rings is 1. The van der Waals surface area contributed by atoms with Gasteiger partial charge in [-0.25, -0.2) is 0 Å². The van der Waals surface area contributed by atoms with E-state index in [1.165, 1.54) is 36.9 Å². The number of anilines is 1. The molecule has 1 aromatic rings. The number of hydrogen-bond donors (Lipinski definition) is 0. The molecule has 0 saturated heterocycles. The monoisotopic (exact) mass is 359 g/mol. The van der Waals surface area contributed by atoms with Gasteiger partial charge in [-0.15, -0.1) is 0 Å². The molecule has 1 aromatic carbocycles. The predicted molar refractivity (Wildman–Crippen MR) is 82.0 cm³/mol. The number of nitrogens with zero attached hydrogens (tertiary/aromatic N) is 1. The topological polar surface area (TPSA) is 3.24 Å². The van der Waals surface area contributed by atoms with Crippen molar-refractivity contribution in [2.24, 2.45) is 0 Å². The van der Waals surface area contributed by atoms with Crippen molar-refractivity contribution in [3.8, 4) is 0 Å². The molecule has 0 N–H and O–H groups in total. The van der Waals surface area contributed by atoms with Crippen LogP contribution in [-0.4, -0.2) is 12.6 Å². The van der Waals surface area contributed by atoms with Gasteiger partial charge in [0.25, 0.3) is 0 Å². The van der Waals surface area contributed by atoms with Crippen molar-refractivity contribution >= 4 is 37.5 Å². The Bertz CT molecular complexity index is 372. The maximum Gasteiger partial charge on any atom is 0.0410 e. The fraction of sp³-hybridized carbons (Fsp3) is 0.571. The Labute approximate surface area is 121 Å². The van der Waals surface area contributed by atoms with Crippen LogP contribution in [0.4, 0.5) is 5.69 Å². The van der Waals surface area contributed by atoms with Crippen molar-refractivity contribution in [3.05, 3.63) is 28.2 Å². The van der Waals surface area contributed by atoms with Crippen LogP contribution in [0.5, 0.6) is 0 Å². The highest BCUT2D eigenvalue weighted by atomic mass is 79.9. The van der Waals surface area contributed by atoms with Gasteiger partial charge in [-0.1, -0.05) is 44.7 Å². The smallest absolute Gasteiger partial charge is 0.0410 e. The molecule has 0 heterocycles. The van der Waals surface area contributed by atoms with Crippen LogP contribution in [-0.2, 0) is 5.33 Å². The minimum Gasteiger partial charge on any atom is -0.369 e. The zero-order valence-electron chi connectivity index (χ0n) is 10.3. The molecule has 17 heavy (non-hydrogen) atoms. The quantitative estimate of drug-likeness (QED) is 0.674. The largest absolute Gasteiger partial charge is 0.369 e. The maximum absolute atomic E-state index is 3.60. The molecule has 1 saturated carbocycles. The normalized spacial score (nSPS) is 16.4. The lowest BCUT2D eigenvalue weighted by Crippen LogP contribution is -2.33. The summed E-state index contributed by atoms with van der Waals surface area (Å²) in [5, 5.41) is 0.922. The lowest BCUT2D eigenvalue weighted by molar-refractivity contribution is 0.618. The Morgan fingerprint density at radius 1 is 1.29 bits per heavy atom. The van der Waals surface area contributed by atoms with E-state index in [1.54, 1.807) is 0 Å². The van der Waals surface area contributed by atoms with Crippen molar-refractivity contribution in [1.29, 1.82) is 0 Å². The highest BCUT2D eigenvalue weighted by Crippen LogP contribution is 2.32. The molecule has 0 spiro atoms. The molecular weight excluding hydrogens is 342 g/mol. The van der Waals surface area contributed by atoms with E-state index in [1.807, 2.05) is 0 Å². The molecule has 1 aliphatic rings. The van der Waals surface area contributed by atoms with Gasteiger partial charge in [0.05, 0.1) is 0 Å². The summed E-state index contributed by atoms with van der Waals surface area (Å²) in [7, 11) is 0. The maximum atomic E-state index is 3.60. The average molecular weight is 361 g/mol. The van der Waals surface area contributed by atoms with E-state index in [4.69, 9.17) is 0 Å². The third kappa shape index (κ3) is 3.05. The molecule has 0 aliphatic heterocycles. The Hall–Kier alpha value is -0.0200. The van der Waals surface area contributed by atoms with E-state index in [2.05, 4.69) is 61.9 Å². The van der Waals surface area contributed by atoms with Crippen molar-refractivity contribution < 1.29 is 0 Å². The molecule has 0 bridgehead atoms. The molecule has 1 aliphatic carbocycles. The second-order valence-electron chi connectivity index (χ2n) is 4.63. The van der Waals surface area contributed by atoms with Crippen LogP contribution in [0.1, 0.15) is 38.2 Å². The summed E-state index contributed by atoms with van der Waals surface area (Å²) in [5.74, 6) is 0. The van der Waals surface area contributed by atoms with Gasteiger partial charge in [0.2, 0.25) is 0 Å². The molecule has 94 valence electrons. The van der Waals surface area contributed by atoms with Crippen LogP contribution < -0.4 is 4.90 Å². The first-order valence-electron chi connectivity index (χ1n) is 6.37. The first-order chi connectivity index (χ1) is 8.26. The molecule has 1 fully saturated rings. The van der Waals surface area contributed by atoms with E-state index >= 15 is 0 Å². The van der Waals surface area contributed by atoms with Crippen LogP contribution in [0, 0.1) is 0 Å².